The summed E-state index contributed by atoms with van der Waals surface area (Å²) in [5.41, 5.74) is 10.2. The zero-order chi connectivity index (χ0) is 88.2. The molecule has 4 heterocycles. The van der Waals surface area contributed by atoms with Gasteiger partial charge in [0.1, 0.15) is 9.79 Å². The predicted molar refractivity (Wildman–Crippen MR) is 455 cm³/mol. The first-order chi connectivity index (χ1) is 59.8. The molecule has 0 atom stereocenters. The predicted octanol–water partition coefficient (Wildman–Crippen LogP) is 12.8. The van der Waals surface area contributed by atoms with E-state index in [2.05, 4.69) is 81.3 Å². The second kappa shape index (κ2) is 35.0. The van der Waals surface area contributed by atoms with Crippen LogP contribution in [0.25, 0.3) is 44.1 Å². The number of carbonyl (C=O) groups excluding carboxylic acids is 4. The molecule has 8 aromatic carbocycles. The number of ketones is 4. The van der Waals surface area contributed by atoms with Gasteiger partial charge in [-0.25, -0.2) is 15.8 Å². The quantitative estimate of drug-likeness (QED) is 0.00653. The molecule has 125 heavy (non-hydrogen) atoms. The summed E-state index contributed by atoms with van der Waals surface area (Å²) in [6, 6.07) is 32.8. The Bertz CT molecular complexity index is 7000. The first-order valence-corrected chi connectivity index (χ1v) is 44.2. The maximum atomic E-state index is 15.0. The Hall–Kier alpha value is -12.3. The van der Waals surface area contributed by atoms with Gasteiger partial charge in [0.25, 0.3) is 41.5 Å². The molecule has 0 spiro atoms. The Kier molecular flexibility index (Phi) is 24.2. The van der Waals surface area contributed by atoms with Crippen molar-refractivity contribution >= 4 is 181 Å². The number of fused-ring (bicyclic) bond motifs is 4. The molecule has 2 saturated carbocycles. The summed E-state index contributed by atoms with van der Waals surface area (Å²) in [5.74, 6) is -3.00. The maximum absolute atomic E-state index is 15.0. The minimum Gasteiger partial charge on any atom is -0.368 e. The summed E-state index contributed by atoms with van der Waals surface area (Å²) in [6.45, 7) is 0. The minimum atomic E-state index is -5.18. The van der Waals surface area contributed by atoms with Crippen molar-refractivity contribution in [2.45, 2.75) is 99.2 Å². The van der Waals surface area contributed by atoms with Crippen LogP contribution in [0.15, 0.2) is 185 Å². The van der Waals surface area contributed by atoms with Crippen molar-refractivity contribution < 1.29 is 102 Å². The van der Waals surface area contributed by atoms with Gasteiger partial charge in [-0.1, -0.05) is 87.9 Å². The van der Waals surface area contributed by atoms with Crippen LogP contribution >= 0.6 is 36.1 Å². The second-order valence-electron chi connectivity index (χ2n) is 29.4. The highest BCUT2D eigenvalue weighted by atomic mass is 32.2. The molecule has 0 saturated heterocycles. The van der Waals surface area contributed by atoms with Crippen molar-refractivity contribution in [3.05, 3.63) is 211 Å². The van der Waals surface area contributed by atoms with Gasteiger partial charge in [0.15, 0.2) is 23.1 Å². The number of nitrogens with one attached hydrogen (secondary N) is 6. The Balaban J connectivity index is 0.593. The lowest BCUT2D eigenvalue weighted by Crippen LogP contribution is -2.30. The van der Waals surface area contributed by atoms with Gasteiger partial charge in [-0.15, -0.1) is 13.0 Å². The van der Waals surface area contributed by atoms with Crippen molar-refractivity contribution in [3.8, 4) is 22.3 Å². The van der Waals surface area contributed by atoms with Crippen LogP contribution in [0.5, 0.6) is 0 Å². The molecule has 4 aliphatic rings. The molecule has 4 aromatic heterocycles. The van der Waals surface area contributed by atoms with Gasteiger partial charge < -0.3 is 52.5 Å². The fourth-order valence-corrected chi connectivity index (χ4v) is 19.8. The number of rotatable bonds is 30. The van der Waals surface area contributed by atoms with E-state index < -0.39 is 84.9 Å². The van der Waals surface area contributed by atoms with Crippen LogP contribution in [0, 0.1) is 11.8 Å². The number of nitrogen functional groups attached to an aromatic ring is 2. The number of aromatic nitrogens is 8. The van der Waals surface area contributed by atoms with Crippen molar-refractivity contribution in [1.82, 2.24) is 39.0 Å². The number of hydrogen-bond donors (Lipinski definition) is 14. The molecule has 4 aliphatic carbocycles. The van der Waals surface area contributed by atoms with Crippen LogP contribution in [0.2, 0.25) is 0 Å². The lowest BCUT2D eigenvalue weighted by atomic mass is 9.75. The van der Waals surface area contributed by atoms with Crippen LogP contribution in [0.4, 0.5) is 69.8 Å². The average molecular weight is 1820 g/mol. The Morgan fingerprint density at radius 1 is 0.432 bits per heavy atom. The number of carbonyl (C=O) groups is 4. The normalized spacial score (nSPS) is 16.2. The van der Waals surface area contributed by atoms with Crippen molar-refractivity contribution in [2.75, 3.05) is 43.4 Å². The Morgan fingerprint density at radius 2 is 0.832 bits per heavy atom. The van der Waals surface area contributed by atoms with Gasteiger partial charge in [-0.2, -0.15) is 55.2 Å². The number of benzene rings is 8. The third-order valence-electron chi connectivity index (χ3n) is 22.0. The number of anilines is 12. The first kappa shape index (κ1) is 86.2. The van der Waals surface area contributed by atoms with Crippen molar-refractivity contribution in [2.24, 2.45) is 25.9 Å². The van der Waals surface area contributed by atoms with E-state index in [1.807, 2.05) is 0 Å². The molecular formula is C79H68N16O24S6. The topological polar surface area (TPSA) is 593 Å². The van der Waals surface area contributed by atoms with Crippen LogP contribution in [-0.4, -0.2) is 129 Å². The monoisotopic (exact) mass is 1820 g/mol. The highest BCUT2D eigenvalue weighted by molar-refractivity contribution is 7.95. The first-order valence-electron chi connectivity index (χ1n) is 37.7. The fraction of sp³-hybridized carbons (Fsp3) is 0.190. The average Bonchev–Trinajstić information content (AvgIpc) is 0.709. The van der Waals surface area contributed by atoms with E-state index >= 15 is 0 Å². The van der Waals surface area contributed by atoms with Gasteiger partial charge in [0.05, 0.1) is 118 Å². The number of nitrogens with zero attached hydrogens (tertiary/aromatic N) is 8. The summed E-state index contributed by atoms with van der Waals surface area (Å²) >= 11 is 1.19. The molecule has 16 rings (SSSR count). The zero-order valence-electron chi connectivity index (χ0n) is 64.7. The number of pyridine rings is 2. The van der Waals surface area contributed by atoms with Gasteiger partial charge in [0.2, 0.25) is 35.7 Å². The molecule has 16 N–H and O–H groups in total. The molecule has 0 bridgehead atoms. The van der Waals surface area contributed by atoms with Gasteiger partial charge >= 0.3 is 0 Å². The maximum Gasteiger partial charge on any atom is 0.296 e. The van der Waals surface area contributed by atoms with Crippen LogP contribution in [0.1, 0.15) is 121 Å². The largest absolute Gasteiger partial charge is 0.368 e. The third kappa shape index (κ3) is 17.4. The lowest BCUT2D eigenvalue weighted by molar-refractivity contribution is -0.432. The molecule has 12 aromatic rings. The standard InChI is InChI=1S/C79H68N16O24S6/c1-94-55-28-26-49(63-65(55)60(44-13-3-6-16-47(44)71(63)99)66(72(94)100)68(96)38-9-7-11-42(30-38)120-117-114-102)85-52-33-51(57(122-119-116-104)35-58(52)124(108,109)110)86-78-90-74(80)88-76(92-78)82-40-21-17-36(18-22-40)29-37-19-23-41(24-20-37)83-77-89-75(81)91-79(93-77)87-53-32-50(56(121-118-115-103)34-59(53)125(111,112)113)84-48-25-27-54-64-61(45-14-4-5-15-46(45)70(98)62(48)64)67(73(101)95(54)2)69(97)39-10-8-12-43(31-39)123(105,106)107/h3-16,25-28,30-37,40-41,84-85,102-104H,17-24,29H2,1-2H3,(H,105,106,107)(H,108,109,110)(H,111,112,113)(H4,80,82,86,88,90,92)(H4,81,83,87,89,91,93). The van der Waals surface area contributed by atoms with E-state index in [0.29, 0.717) is 66.5 Å². The molecule has 0 radical (unpaired) electrons. The minimum absolute atomic E-state index is 0.0143. The zero-order valence-corrected chi connectivity index (χ0v) is 69.6. The second-order valence-corrected chi connectivity index (χ2v) is 35.9. The summed E-state index contributed by atoms with van der Waals surface area (Å²) < 4.78 is 126. The van der Waals surface area contributed by atoms with Gasteiger partial charge in [0, 0.05) is 75.2 Å². The third-order valence-corrected chi connectivity index (χ3v) is 26.5. The van der Waals surface area contributed by atoms with E-state index in [4.69, 9.17) is 25.4 Å². The smallest absolute Gasteiger partial charge is 0.296 e. The molecule has 40 nitrogen and oxygen atoms in total. The van der Waals surface area contributed by atoms with Crippen LogP contribution in [-0.2, 0) is 72.6 Å². The van der Waals surface area contributed by atoms with Crippen LogP contribution < -0.4 is 54.5 Å². The van der Waals surface area contributed by atoms with Crippen LogP contribution in [0.3, 0.4) is 0 Å². The van der Waals surface area contributed by atoms with E-state index in [0.717, 1.165) is 60.9 Å². The van der Waals surface area contributed by atoms with Gasteiger partial charge in [-0.05, 0) is 154 Å². The number of hydrogen-bond acceptors (Lipinski definition) is 38. The fourth-order valence-electron chi connectivity index (χ4n) is 16.5. The SMILES string of the molecule is Cn1c(=O)c(C(=O)c2cccc(S(=O)(=O)O)c2)c2c3c(c(Nc4cc(Nc5nc(N)nc(NC6CCC(CC7CCC(Nc8nc(N)nc(Nc9cc(Nc%10ccc%11c%12c%10C(=O)c%10ccccc%10-c%12c(C(=O)c%10cccc(SOOO)c%10)c(=O)n%11C)c(S(=O)(=O)O)cc9SOOO)n8)CC7)CC6)n5)c(S(=O)(=O)O)cc4SOOO)ccc31)C(=O)c1ccccc1-2. The highest BCUT2D eigenvalue weighted by Gasteiger charge is 2.39. The molecule has 46 heteroatoms. The molecular weight excluding hydrogens is 1750 g/mol. The summed E-state index contributed by atoms with van der Waals surface area (Å²) in [6.07, 6.45) is 7.10. The lowest BCUT2D eigenvalue weighted by Gasteiger charge is -2.34. The van der Waals surface area contributed by atoms with Crippen molar-refractivity contribution in [1.29, 1.82) is 0 Å². The summed E-state index contributed by atoms with van der Waals surface area (Å²) in [7, 11) is -12.4. The molecule has 0 amide bonds. The van der Waals surface area contributed by atoms with E-state index in [-0.39, 0.29) is 187 Å². The molecule has 644 valence electrons. The van der Waals surface area contributed by atoms with E-state index in [9.17, 15) is 78.2 Å². The van der Waals surface area contributed by atoms with Gasteiger partial charge in [-0.3, -0.25) is 42.4 Å². The van der Waals surface area contributed by atoms with E-state index in [1.165, 1.54) is 104 Å². The molecule has 2 fully saturated rings. The Morgan fingerprint density at radius 3 is 1.28 bits per heavy atom. The number of nitrogens with two attached hydrogens (primary N) is 2. The number of aryl methyl sites for hydroxylation is 2. The molecule has 0 aliphatic heterocycles. The van der Waals surface area contributed by atoms with E-state index in [1.54, 1.807) is 36.4 Å². The summed E-state index contributed by atoms with van der Waals surface area (Å²) in [4.78, 5) is 112. The van der Waals surface area contributed by atoms with Crippen molar-refractivity contribution in [3.63, 3.8) is 0 Å². The summed E-state index contributed by atoms with van der Waals surface area (Å²) in [5, 5.41) is 57.8. The molecule has 0 unspecified atom stereocenters. The Labute approximate surface area is 719 Å². The highest BCUT2D eigenvalue weighted by Crippen LogP contribution is 2.50.